The Morgan fingerprint density at radius 3 is 2.23 bits per heavy atom. The maximum Gasteiger partial charge on any atom is 0.414 e. The lowest BCUT2D eigenvalue weighted by Crippen LogP contribution is -2.56. The lowest BCUT2D eigenvalue weighted by Gasteiger charge is -2.62. The van der Waals surface area contributed by atoms with Gasteiger partial charge < -0.3 is 10.2 Å². The van der Waals surface area contributed by atoms with Crippen molar-refractivity contribution in [1.29, 1.82) is 0 Å². The third-order valence-electron chi connectivity index (χ3n) is 11.0. The number of fused-ring (bicyclic) bond motifs is 5. The van der Waals surface area contributed by atoms with Gasteiger partial charge in [0.15, 0.2) is 6.10 Å². The maximum atomic E-state index is 13.2. The maximum absolute atomic E-state index is 13.2. The Balaban J connectivity index is 1.54. The topological polar surface area (TPSA) is 40.5 Å². The molecule has 0 aromatic carbocycles. The molecular formula is C25H41F3O2. The van der Waals surface area contributed by atoms with Crippen molar-refractivity contribution in [3.8, 4) is 0 Å². The molecular weight excluding hydrogens is 389 g/mol. The minimum absolute atomic E-state index is 0.0536. The molecule has 0 aromatic rings. The van der Waals surface area contributed by atoms with Gasteiger partial charge in [-0.15, -0.1) is 0 Å². The molecule has 5 heteroatoms. The van der Waals surface area contributed by atoms with E-state index in [2.05, 4.69) is 20.8 Å². The van der Waals surface area contributed by atoms with Crippen LogP contribution in [0.5, 0.6) is 0 Å². The van der Waals surface area contributed by atoms with Crippen molar-refractivity contribution >= 4 is 0 Å². The fraction of sp³-hybridized carbons (Fsp3) is 1.00. The summed E-state index contributed by atoms with van der Waals surface area (Å²) in [4.78, 5) is 0. The summed E-state index contributed by atoms with van der Waals surface area (Å²) >= 11 is 0. The van der Waals surface area contributed by atoms with Gasteiger partial charge in [-0.3, -0.25) is 0 Å². The summed E-state index contributed by atoms with van der Waals surface area (Å²) in [5.41, 5.74) is -0.322. The molecule has 0 unspecified atom stereocenters. The molecule has 0 bridgehead atoms. The lowest BCUT2D eigenvalue weighted by molar-refractivity contribution is -0.228. The molecule has 4 aliphatic rings. The first-order chi connectivity index (χ1) is 13.9. The van der Waals surface area contributed by atoms with Gasteiger partial charge in [-0.05, 0) is 111 Å². The van der Waals surface area contributed by atoms with Gasteiger partial charge >= 0.3 is 6.18 Å². The monoisotopic (exact) mass is 430 g/mol. The Morgan fingerprint density at radius 1 is 0.933 bits per heavy atom. The lowest BCUT2D eigenvalue weighted by atomic mass is 9.43. The van der Waals surface area contributed by atoms with E-state index in [4.69, 9.17) is 0 Å². The van der Waals surface area contributed by atoms with E-state index in [1.54, 1.807) is 6.92 Å². The quantitative estimate of drug-likeness (QED) is 0.548. The van der Waals surface area contributed by atoms with Crippen LogP contribution in [0.4, 0.5) is 13.2 Å². The van der Waals surface area contributed by atoms with Gasteiger partial charge in [0.2, 0.25) is 0 Å². The molecule has 30 heavy (non-hydrogen) atoms. The van der Waals surface area contributed by atoms with Gasteiger partial charge in [-0.25, -0.2) is 0 Å². The fourth-order valence-electron chi connectivity index (χ4n) is 9.07. The van der Waals surface area contributed by atoms with Crippen LogP contribution in [0.2, 0.25) is 0 Å². The molecule has 0 aromatic heterocycles. The van der Waals surface area contributed by atoms with Crippen molar-refractivity contribution in [2.45, 2.75) is 110 Å². The van der Waals surface area contributed by atoms with Gasteiger partial charge in [-0.1, -0.05) is 27.7 Å². The first-order valence-corrected chi connectivity index (χ1v) is 12.3. The first-order valence-electron chi connectivity index (χ1n) is 12.3. The van der Waals surface area contributed by atoms with Crippen molar-refractivity contribution in [3.63, 3.8) is 0 Å². The average molecular weight is 431 g/mol. The van der Waals surface area contributed by atoms with Crippen molar-refractivity contribution < 1.29 is 23.4 Å². The molecule has 4 fully saturated rings. The van der Waals surface area contributed by atoms with Gasteiger partial charge in [0.1, 0.15) is 0 Å². The smallest absolute Gasteiger partial charge is 0.390 e. The van der Waals surface area contributed by atoms with Gasteiger partial charge in [-0.2, -0.15) is 13.2 Å². The Kier molecular flexibility index (Phi) is 5.62. The zero-order valence-electron chi connectivity index (χ0n) is 19.1. The zero-order valence-corrected chi connectivity index (χ0v) is 19.1. The SMILES string of the molecule is CC[C@@]1(O)CC[C@@]2(C)[C@H](CC[C@@H]3[C@@H]2CC[C@]2(C)[C@@H]([C@@H](C)[C@H](O)C(F)(F)F)CC[C@@H]32)C1. The van der Waals surface area contributed by atoms with Crippen molar-refractivity contribution in [1.82, 2.24) is 0 Å². The van der Waals surface area contributed by atoms with Crippen LogP contribution in [0, 0.1) is 46.3 Å². The van der Waals surface area contributed by atoms with E-state index in [1.165, 1.54) is 0 Å². The van der Waals surface area contributed by atoms with Crippen LogP contribution in [-0.4, -0.2) is 28.1 Å². The van der Waals surface area contributed by atoms with Gasteiger partial charge in [0.05, 0.1) is 5.60 Å². The second-order valence-electron chi connectivity index (χ2n) is 12.0. The van der Waals surface area contributed by atoms with Crippen LogP contribution >= 0.6 is 0 Å². The van der Waals surface area contributed by atoms with Crippen LogP contribution in [0.1, 0.15) is 91.9 Å². The van der Waals surface area contributed by atoms with Gasteiger partial charge in [0, 0.05) is 0 Å². The molecule has 0 aliphatic heterocycles. The van der Waals surface area contributed by atoms with E-state index in [0.717, 1.165) is 64.2 Å². The molecule has 10 atom stereocenters. The van der Waals surface area contributed by atoms with E-state index < -0.39 is 23.8 Å². The second kappa shape index (κ2) is 7.37. The van der Waals surface area contributed by atoms with Crippen LogP contribution < -0.4 is 0 Å². The number of aliphatic hydroxyl groups is 2. The Morgan fingerprint density at radius 2 is 1.60 bits per heavy atom. The largest absolute Gasteiger partial charge is 0.414 e. The summed E-state index contributed by atoms with van der Waals surface area (Å²) in [6, 6.07) is 0. The molecule has 2 nitrogen and oxygen atoms in total. The van der Waals surface area contributed by atoms with E-state index in [1.807, 2.05) is 0 Å². The highest BCUT2D eigenvalue weighted by molar-refractivity contribution is 5.11. The van der Waals surface area contributed by atoms with Gasteiger partial charge in [0.25, 0.3) is 0 Å². The van der Waals surface area contributed by atoms with Crippen LogP contribution in [-0.2, 0) is 0 Å². The summed E-state index contributed by atoms with van der Waals surface area (Å²) in [5.74, 6) is 1.49. The Hall–Kier alpha value is -0.290. The predicted octanol–water partition coefficient (Wildman–Crippen LogP) is 6.35. The highest BCUT2D eigenvalue weighted by Crippen LogP contribution is 2.69. The van der Waals surface area contributed by atoms with Crippen molar-refractivity contribution in [3.05, 3.63) is 0 Å². The number of hydrogen-bond donors (Lipinski definition) is 2. The second-order valence-corrected chi connectivity index (χ2v) is 12.0. The number of hydrogen-bond acceptors (Lipinski definition) is 2. The third-order valence-corrected chi connectivity index (χ3v) is 11.0. The highest BCUT2D eigenvalue weighted by atomic mass is 19.4. The molecule has 0 spiro atoms. The van der Waals surface area contributed by atoms with Crippen molar-refractivity contribution in [2.24, 2.45) is 46.3 Å². The van der Waals surface area contributed by atoms with Crippen LogP contribution in [0.25, 0.3) is 0 Å². The van der Waals surface area contributed by atoms with E-state index in [-0.39, 0.29) is 16.7 Å². The molecule has 0 heterocycles. The molecule has 0 radical (unpaired) electrons. The van der Waals surface area contributed by atoms with Crippen molar-refractivity contribution in [2.75, 3.05) is 0 Å². The minimum atomic E-state index is -4.53. The van der Waals surface area contributed by atoms with Crippen LogP contribution in [0.3, 0.4) is 0 Å². The summed E-state index contributed by atoms with van der Waals surface area (Å²) in [5, 5.41) is 20.9. The molecule has 174 valence electrons. The number of halogens is 3. The van der Waals surface area contributed by atoms with E-state index >= 15 is 0 Å². The summed E-state index contributed by atoms with van der Waals surface area (Å²) in [7, 11) is 0. The standard InChI is InChI=1S/C25H41F3O2/c1-5-24(30)13-12-22(3)16(14-24)6-7-17-19-9-8-18(15(2)21(29)25(26,27)28)23(19,4)11-10-20(17)22/h15-21,29-30H,5-14H2,1-4H3/t15-,16-,17+,18-,19+,20+,21+,22+,23-,24-/m1/s1. The zero-order chi connectivity index (χ0) is 22.1. The molecule has 4 saturated carbocycles. The highest BCUT2D eigenvalue weighted by Gasteiger charge is 2.62. The summed E-state index contributed by atoms with van der Waals surface area (Å²) in [6.45, 7) is 8.40. The Bertz CT molecular complexity index is 651. The normalized spacial score (nSPS) is 50.9. The predicted molar refractivity (Wildman–Crippen MR) is 112 cm³/mol. The molecule has 2 N–H and O–H groups in total. The average Bonchev–Trinajstić information content (AvgIpc) is 3.04. The number of aliphatic hydroxyl groups excluding tert-OH is 1. The number of rotatable bonds is 3. The molecule has 4 rings (SSSR count). The van der Waals surface area contributed by atoms with E-state index in [9.17, 15) is 23.4 Å². The van der Waals surface area contributed by atoms with Crippen LogP contribution in [0.15, 0.2) is 0 Å². The third kappa shape index (κ3) is 3.36. The molecule has 0 amide bonds. The Labute approximate surface area is 180 Å². The minimum Gasteiger partial charge on any atom is -0.390 e. The first kappa shape index (κ1) is 22.9. The number of alkyl halides is 3. The molecule has 4 aliphatic carbocycles. The fourth-order valence-corrected chi connectivity index (χ4v) is 9.07. The summed E-state index contributed by atoms with van der Waals surface area (Å²) in [6.07, 6.45) is 3.19. The van der Waals surface area contributed by atoms with E-state index in [0.29, 0.717) is 23.7 Å². The molecule has 0 saturated heterocycles. The summed E-state index contributed by atoms with van der Waals surface area (Å²) < 4.78 is 39.7.